The maximum absolute atomic E-state index is 11.5. The van der Waals surface area contributed by atoms with E-state index >= 15 is 0 Å². The zero-order valence-electron chi connectivity index (χ0n) is 9.43. The predicted octanol–water partition coefficient (Wildman–Crippen LogP) is 1.06. The molecule has 1 heterocycles. The lowest BCUT2D eigenvalue weighted by molar-refractivity contribution is -0.119. The first kappa shape index (κ1) is 11.4. The van der Waals surface area contributed by atoms with Crippen molar-refractivity contribution in [2.75, 3.05) is 0 Å². The van der Waals surface area contributed by atoms with Gasteiger partial charge in [0.2, 0.25) is 5.91 Å². The summed E-state index contributed by atoms with van der Waals surface area (Å²) < 4.78 is 0. The third kappa shape index (κ3) is 2.08. The first-order valence-electron chi connectivity index (χ1n) is 5.38. The van der Waals surface area contributed by atoms with Crippen molar-refractivity contribution in [3.8, 4) is 0 Å². The number of carbonyl (C=O) groups is 2. The van der Waals surface area contributed by atoms with Crippen molar-refractivity contribution in [1.29, 1.82) is 0 Å². The first-order valence-corrected chi connectivity index (χ1v) is 5.38. The van der Waals surface area contributed by atoms with E-state index in [1.54, 1.807) is 0 Å². The zero-order chi connectivity index (χ0) is 12.5. The smallest absolute Gasteiger partial charge is 0.404 e. The highest BCUT2D eigenvalue weighted by Gasteiger charge is 2.44. The van der Waals surface area contributed by atoms with E-state index < -0.39 is 17.7 Å². The van der Waals surface area contributed by atoms with Gasteiger partial charge in [-0.05, 0) is 12.5 Å². The number of rotatable bonds is 2. The van der Waals surface area contributed by atoms with Crippen LogP contribution >= 0.6 is 0 Å². The molecule has 0 spiro atoms. The summed E-state index contributed by atoms with van der Waals surface area (Å²) in [6.07, 6.45) is -0.953. The van der Waals surface area contributed by atoms with E-state index in [0.717, 1.165) is 5.56 Å². The largest absolute Gasteiger partial charge is 0.465 e. The third-order valence-electron chi connectivity index (χ3n) is 3.16. The molecule has 2 atom stereocenters. The highest BCUT2D eigenvalue weighted by molar-refractivity contribution is 5.82. The molecule has 17 heavy (non-hydrogen) atoms. The van der Waals surface area contributed by atoms with Gasteiger partial charge < -0.3 is 15.7 Å². The molecule has 0 saturated carbocycles. The Kier molecular flexibility index (Phi) is 2.75. The van der Waals surface area contributed by atoms with E-state index in [2.05, 4.69) is 10.6 Å². The van der Waals surface area contributed by atoms with Crippen LogP contribution in [-0.2, 0) is 10.3 Å². The summed E-state index contributed by atoms with van der Waals surface area (Å²) >= 11 is 0. The van der Waals surface area contributed by atoms with Gasteiger partial charge in [0.15, 0.2) is 0 Å². The topological polar surface area (TPSA) is 78.4 Å². The molecule has 5 heteroatoms. The van der Waals surface area contributed by atoms with Gasteiger partial charge in [0.25, 0.3) is 0 Å². The normalized spacial score (nSPS) is 27.6. The van der Waals surface area contributed by atoms with Crippen molar-refractivity contribution < 1.29 is 14.7 Å². The Labute approximate surface area is 98.8 Å². The molecule has 1 aromatic rings. The fourth-order valence-corrected chi connectivity index (χ4v) is 2.22. The second-order valence-electron chi connectivity index (χ2n) is 4.32. The monoisotopic (exact) mass is 234 g/mol. The SMILES string of the molecule is C[C@]1(c2ccccc2)NC(=O)C[C@@H]1NC(=O)O. The predicted molar refractivity (Wildman–Crippen MR) is 61.5 cm³/mol. The molecule has 0 bridgehead atoms. The number of amides is 2. The van der Waals surface area contributed by atoms with Crippen LogP contribution in [0.4, 0.5) is 4.79 Å². The highest BCUT2D eigenvalue weighted by atomic mass is 16.4. The molecule has 1 aliphatic heterocycles. The van der Waals surface area contributed by atoms with Crippen molar-refractivity contribution >= 4 is 12.0 Å². The average Bonchev–Trinajstić information content (AvgIpc) is 2.55. The van der Waals surface area contributed by atoms with Crippen LogP contribution in [0.1, 0.15) is 18.9 Å². The fraction of sp³-hybridized carbons (Fsp3) is 0.333. The lowest BCUT2D eigenvalue weighted by Crippen LogP contribution is -2.50. The minimum absolute atomic E-state index is 0.143. The minimum Gasteiger partial charge on any atom is -0.465 e. The van der Waals surface area contributed by atoms with E-state index in [9.17, 15) is 9.59 Å². The van der Waals surface area contributed by atoms with Crippen LogP contribution in [0.3, 0.4) is 0 Å². The Hall–Kier alpha value is -2.04. The number of carbonyl (C=O) groups excluding carboxylic acids is 1. The van der Waals surface area contributed by atoms with Crippen molar-refractivity contribution in [1.82, 2.24) is 10.6 Å². The van der Waals surface area contributed by atoms with Gasteiger partial charge in [0.05, 0.1) is 11.6 Å². The summed E-state index contributed by atoms with van der Waals surface area (Å²) in [6.45, 7) is 1.83. The lowest BCUT2D eigenvalue weighted by atomic mass is 9.86. The maximum Gasteiger partial charge on any atom is 0.404 e. The molecule has 90 valence electrons. The zero-order valence-corrected chi connectivity index (χ0v) is 9.43. The molecule has 3 N–H and O–H groups in total. The number of hydrogen-bond donors (Lipinski definition) is 3. The van der Waals surface area contributed by atoms with Crippen LogP contribution in [0.2, 0.25) is 0 Å². The van der Waals surface area contributed by atoms with Gasteiger partial charge in [-0.3, -0.25) is 4.79 Å². The Morgan fingerprint density at radius 3 is 2.71 bits per heavy atom. The third-order valence-corrected chi connectivity index (χ3v) is 3.16. The Morgan fingerprint density at radius 1 is 1.47 bits per heavy atom. The summed E-state index contributed by atoms with van der Waals surface area (Å²) in [5.74, 6) is -0.143. The lowest BCUT2D eigenvalue weighted by Gasteiger charge is -2.31. The van der Waals surface area contributed by atoms with Crippen LogP contribution in [0.15, 0.2) is 30.3 Å². The molecular formula is C12H14N2O3. The molecule has 0 unspecified atom stereocenters. The summed E-state index contributed by atoms with van der Waals surface area (Å²) in [4.78, 5) is 22.2. The van der Waals surface area contributed by atoms with Crippen molar-refractivity contribution in [3.63, 3.8) is 0 Å². The molecule has 0 aliphatic carbocycles. The van der Waals surface area contributed by atoms with Crippen molar-refractivity contribution in [2.45, 2.75) is 24.9 Å². The second-order valence-corrected chi connectivity index (χ2v) is 4.32. The summed E-state index contributed by atoms with van der Waals surface area (Å²) in [5.41, 5.74) is 0.209. The number of hydrogen-bond acceptors (Lipinski definition) is 2. The van der Waals surface area contributed by atoms with Gasteiger partial charge in [0, 0.05) is 6.42 Å². The standard InChI is InChI=1S/C12H14N2O3/c1-12(8-5-3-2-4-6-8)9(13-11(16)17)7-10(15)14-12/h2-6,9,13H,7H2,1H3,(H,14,15)(H,16,17)/t9-,12+/m0/s1. The van der Waals surface area contributed by atoms with Crippen LogP contribution in [0, 0.1) is 0 Å². The molecule has 1 aliphatic rings. The van der Waals surface area contributed by atoms with Gasteiger partial charge in [-0.25, -0.2) is 4.79 Å². The minimum atomic E-state index is -1.12. The molecule has 0 radical (unpaired) electrons. The molecule has 2 rings (SSSR count). The number of carboxylic acid groups (broad SMARTS) is 1. The van der Waals surface area contributed by atoms with Gasteiger partial charge >= 0.3 is 6.09 Å². The average molecular weight is 234 g/mol. The van der Waals surface area contributed by atoms with Gasteiger partial charge in [-0.15, -0.1) is 0 Å². The Morgan fingerprint density at radius 2 is 2.12 bits per heavy atom. The summed E-state index contributed by atoms with van der Waals surface area (Å²) in [6, 6.07) is 8.91. The van der Waals surface area contributed by atoms with E-state index in [0.29, 0.717) is 0 Å². The second kappa shape index (κ2) is 4.08. The highest BCUT2D eigenvalue weighted by Crippen LogP contribution is 2.31. The molecule has 0 aromatic heterocycles. The van der Waals surface area contributed by atoms with E-state index in [-0.39, 0.29) is 12.3 Å². The van der Waals surface area contributed by atoms with Crippen molar-refractivity contribution in [3.05, 3.63) is 35.9 Å². The molecule has 5 nitrogen and oxygen atoms in total. The van der Waals surface area contributed by atoms with Gasteiger partial charge in [-0.2, -0.15) is 0 Å². The number of nitrogens with one attached hydrogen (secondary N) is 2. The Bertz CT molecular complexity index is 446. The molecule has 2 amide bonds. The van der Waals surface area contributed by atoms with Crippen LogP contribution in [-0.4, -0.2) is 23.1 Å². The summed E-state index contributed by atoms with van der Waals surface area (Å²) in [7, 11) is 0. The maximum atomic E-state index is 11.5. The Balaban J connectivity index is 2.33. The van der Waals surface area contributed by atoms with Gasteiger partial charge in [0.1, 0.15) is 0 Å². The van der Waals surface area contributed by atoms with Crippen LogP contribution in [0.25, 0.3) is 0 Å². The van der Waals surface area contributed by atoms with Crippen LogP contribution in [0.5, 0.6) is 0 Å². The van der Waals surface area contributed by atoms with E-state index in [4.69, 9.17) is 5.11 Å². The molecule has 1 aromatic carbocycles. The molecular weight excluding hydrogens is 220 g/mol. The van der Waals surface area contributed by atoms with E-state index in [1.807, 2.05) is 37.3 Å². The molecule has 1 saturated heterocycles. The van der Waals surface area contributed by atoms with Crippen molar-refractivity contribution in [2.24, 2.45) is 0 Å². The van der Waals surface area contributed by atoms with Crippen LogP contribution < -0.4 is 10.6 Å². The number of benzene rings is 1. The first-order chi connectivity index (χ1) is 8.02. The van der Waals surface area contributed by atoms with Gasteiger partial charge in [-0.1, -0.05) is 30.3 Å². The van der Waals surface area contributed by atoms with E-state index in [1.165, 1.54) is 0 Å². The summed E-state index contributed by atoms with van der Waals surface area (Å²) in [5, 5.41) is 14.0. The molecule has 1 fully saturated rings. The fourth-order valence-electron chi connectivity index (χ4n) is 2.22. The quantitative estimate of drug-likeness (QED) is 0.716.